The van der Waals surface area contributed by atoms with E-state index < -0.39 is 0 Å². The molecule has 0 heterocycles. The lowest BCUT2D eigenvalue weighted by atomic mass is 10.1. The molecule has 2 aromatic rings. The van der Waals surface area contributed by atoms with Gasteiger partial charge in [-0.3, -0.25) is 0 Å². The number of ether oxygens (including phenoxy) is 3. The van der Waals surface area contributed by atoms with Gasteiger partial charge in [-0.25, -0.2) is 0 Å². The summed E-state index contributed by atoms with van der Waals surface area (Å²) in [6.45, 7) is 11.3. The van der Waals surface area contributed by atoms with Crippen LogP contribution >= 0.6 is 0 Å². The van der Waals surface area contributed by atoms with Crippen molar-refractivity contribution in [1.29, 1.82) is 0 Å². The standard InChI is InChI=1S/C26H35NO4/c1-7-8-14-29-25-16-19(2)26(20(3)17-25)30-15-10-11-21(4)31-24-13-9-12-23(18-24)22(5)27-28-6/h7-9,12-13,16-18,21H,10-11,14-15H2,1-6H3/b8-7+,27-22-. The van der Waals surface area contributed by atoms with Crippen LogP contribution in [0.15, 0.2) is 53.7 Å². The molecule has 0 bridgehead atoms. The number of hydrogen-bond donors (Lipinski definition) is 0. The van der Waals surface area contributed by atoms with Gasteiger partial charge in [0.25, 0.3) is 0 Å². The van der Waals surface area contributed by atoms with Gasteiger partial charge in [-0.2, -0.15) is 0 Å². The van der Waals surface area contributed by atoms with Crippen molar-refractivity contribution >= 4 is 5.71 Å². The molecule has 1 atom stereocenters. The van der Waals surface area contributed by atoms with E-state index in [1.54, 1.807) is 7.11 Å². The Morgan fingerprint density at radius 1 is 1.06 bits per heavy atom. The van der Waals surface area contributed by atoms with Crippen LogP contribution in [0.25, 0.3) is 0 Å². The van der Waals surface area contributed by atoms with Gasteiger partial charge in [0.2, 0.25) is 0 Å². The molecule has 5 nitrogen and oxygen atoms in total. The maximum Gasteiger partial charge on any atom is 0.125 e. The smallest absolute Gasteiger partial charge is 0.125 e. The minimum Gasteiger partial charge on any atom is -0.493 e. The monoisotopic (exact) mass is 425 g/mol. The van der Waals surface area contributed by atoms with Gasteiger partial charge in [0, 0.05) is 5.56 Å². The minimum atomic E-state index is 0.0862. The SMILES string of the molecule is C/C=C/COc1cc(C)c(OCCCC(C)Oc2cccc(/C(C)=N\OC)c2)c(C)c1. The van der Waals surface area contributed by atoms with E-state index in [0.29, 0.717) is 13.2 Å². The number of allylic oxidation sites excluding steroid dienone is 1. The van der Waals surface area contributed by atoms with Gasteiger partial charge in [-0.1, -0.05) is 29.4 Å². The van der Waals surface area contributed by atoms with Gasteiger partial charge in [-0.15, -0.1) is 0 Å². The second-order valence-corrected chi connectivity index (χ2v) is 7.57. The van der Waals surface area contributed by atoms with E-state index in [0.717, 1.165) is 52.5 Å². The highest BCUT2D eigenvalue weighted by Gasteiger charge is 2.09. The fourth-order valence-corrected chi connectivity index (χ4v) is 3.28. The summed E-state index contributed by atoms with van der Waals surface area (Å²) in [7, 11) is 1.55. The average Bonchev–Trinajstić information content (AvgIpc) is 2.73. The summed E-state index contributed by atoms with van der Waals surface area (Å²) in [5.41, 5.74) is 3.98. The Labute approximate surface area is 186 Å². The van der Waals surface area contributed by atoms with Crippen LogP contribution in [0.1, 0.15) is 50.3 Å². The van der Waals surface area contributed by atoms with Gasteiger partial charge in [0.1, 0.15) is 31.0 Å². The lowest BCUT2D eigenvalue weighted by Gasteiger charge is -2.17. The summed E-state index contributed by atoms with van der Waals surface area (Å²) >= 11 is 0. The zero-order chi connectivity index (χ0) is 22.6. The molecule has 168 valence electrons. The van der Waals surface area contributed by atoms with Gasteiger partial charge < -0.3 is 19.0 Å². The largest absolute Gasteiger partial charge is 0.493 e. The van der Waals surface area contributed by atoms with E-state index in [2.05, 4.69) is 25.9 Å². The Morgan fingerprint density at radius 3 is 2.48 bits per heavy atom. The number of aryl methyl sites for hydroxylation is 2. The predicted octanol–water partition coefficient (Wildman–Crippen LogP) is 6.26. The minimum absolute atomic E-state index is 0.0862. The lowest BCUT2D eigenvalue weighted by Crippen LogP contribution is -2.14. The Balaban J connectivity index is 1.82. The molecule has 0 aliphatic rings. The Kier molecular flexibility index (Phi) is 9.95. The highest BCUT2D eigenvalue weighted by Crippen LogP contribution is 2.29. The first-order chi connectivity index (χ1) is 14.9. The molecular weight excluding hydrogens is 390 g/mol. The maximum absolute atomic E-state index is 6.07. The van der Waals surface area contributed by atoms with Crippen molar-refractivity contribution in [3.8, 4) is 17.2 Å². The van der Waals surface area contributed by atoms with Gasteiger partial charge in [-0.05, 0) is 82.9 Å². The molecule has 0 radical (unpaired) electrons. The van der Waals surface area contributed by atoms with Crippen LogP contribution in [0, 0.1) is 13.8 Å². The van der Waals surface area contributed by atoms with Gasteiger partial charge in [0.05, 0.1) is 18.4 Å². The first kappa shape index (κ1) is 24.3. The summed E-state index contributed by atoms with van der Waals surface area (Å²) in [6, 6.07) is 12.0. The summed E-state index contributed by atoms with van der Waals surface area (Å²) in [4.78, 5) is 4.85. The number of nitrogens with zero attached hydrogens (tertiary/aromatic N) is 1. The molecule has 0 saturated carbocycles. The molecule has 0 aliphatic heterocycles. The molecule has 0 N–H and O–H groups in total. The molecule has 5 heteroatoms. The summed E-state index contributed by atoms with van der Waals surface area (Å²) in [5.74, 6) is 2.64. The van der Waals surface area contributed by atoms with Crippen LogP contribution in [0.2, 0.25) is 0 Å². The molecule has 1 unspecified atom stereocenters. The molecule has 0 fully saturated rings. The van der Waals surface area contributed by atoms with Crippen molar-refractivity contribution in [2.75, 3.05) is 20.3 Å². The van der Waals surface area contributed by atoms with Crippen molar-refractivity contribution in [2.24, 2.45) is 5.16 Å². The summed E-state index contributed by atoms with van der Waals surface area (Å²) in [5, 5.41) is 3.98. The van der Waals surface area contributed by atoms with E-state index in [9.17, 15) is 0 Å². The number of benzene rings is 2. The van der Waals surface area contributed by atoms with E-state index in [1.165, 1.54) is 0 Å². The summed E-state index contributed by atoms with van der Waals surface area (Å²) in [6.07, 6.45) is 5.86. The maximum atomic E-state index is 6.07. The number of rotatable bonds is 12. The van der Waals surface area contributed by atoms with E-state index in [1.807, 2.05) is 62.4 Å². The van der Waals surface area contributed by atoms with Crippen LogP contribution in [0.4, 0.5) is 0 Å². The molecule has 2 rings (SSSR count). The number of hydrogen-bond acceptors (Lipinski definition) is 5. The molecule has 2 aromatic carbocycles. The quantitative estimate of drug-likeness (QED) is 0.174. The first-order valence-corrected chi connectivity index (χ1v) is 10.8. The third-order valence-corrected chi connectivity index (χ3v) is 4.83. The predicted molar refractivity (Wildman–Crippen MR) is 127 cm³/mol. The third-order valence-electron chi connectivity index (χ3n) is 4.83. The molecule has 0 aromatic heterocycles. The molecular formula is C26H35NO4. The molecule has 0 aliphatic carbocycles. The van der Waals surface area contributed by atoms with Crippen LogP contribution in [0.3, 0.4) is 0 Å². The topological polar surface area (TPSA) is 49.3 Å². The molecule has 0 amide bonds. The van der Waals surface area contributed by atoms with Crippen molar-refractivity contribution < 1.29 is 19.0 Å². The van der Waals surface area contributed by atoms with E-state index in [4.69, 9.17) is 19.0 Å². The lowest BCUT2D eigenvalue weighted by molar-refractivity contribution is 0.193. The van der Waals surface area contributed by atoms with Crippen LogP contribution < -0.4 is 14.2 Å². The Hall–Kier alpha value is -2.95. The molecule has 0 saturated heterocycles. The van der Waals surface area contributed by atoms with Gasteiger partial charge in [0.15, 0.2) is 0 Å². The Bertz CT molecular complexity index is 866. The van der Waals surface area contributed by atoms with Crippen LogP contribution in [0.5, 0.6) is 17.2 Å². The third kappa shape index (κ3) is 8.00. The second-order valence-electron chi connectivity index (χ2n) is 7.57. The first-order valence-electron chi connectivity index (χ1n) is 10.8. The highest BCUT2D eigenvalue weighted by molar-refractivity contribution is 5.98. The van der Waals surface area contributed by atoms with Gasteiger partial charge >= 0.3 is 0 Å². The zero-order valence-corrected chi connectivity index (χ0v) is 19.6. The average molecular weight is 426 g/mol. The van der Waals surface area contributed by atoms with Crippen molar-refractivity contribution in [3.05, 3.63) is 65.2 Å². The fourth-order valence-electron chi connectivity index (χ4n) is 3.28. The number of oxime groups is 1. The normalized spacial score (nSPS) is 12.6. The molecule has 31 heavy (non-hydrogen) atoms. The van der Waals surface area contributed by atoms with E-state index >= 15 is 0 Å². The van der Waals surface area contributed by atoms with Crippen molar-refractivity contribution in [3.63, 3.8) is 0 Å². The summed E-state index contributed by atoms with van der Waals surface area (Å²) < 4.78 is 17.9. The molecule has 0 spiro atoms. The van der Waals surface area contributed by atoms with Crippen molar-refractivity contribution in [2.45, 2.75) is 53.6 Å². The van der Waals surface area contributed by atoms with E-state index in [-0.39, 0.29) is 6.10 Å². The Morgan fingerprint density at radius 2 is 1.81 bits per heavy atom. The zero-order valence-electron chi connectivity index (χ0n) is 19.6. The second kappa shape index (κ2) is 12.7. The fraction of sp³-hybridized carbons (Fsp3) is 0.423. The van der Waals surface area contributed by atoms with Crippen molar-refractivity contribution in [1.82, 2.24) is 0 Å². The highest BCUT2D eigenvalue weighted by atomic mass is 16.6. The van der Waals surface area contributed by atoms with Crippen LogP contribution in [-0.4, -0.2) is 32.1 Å². The van der Waals surface area contributed by atoms with Crippen LogP contribution in [-0.2, 0) is 4.84 Å².